The first-order chi connectivity index (χ1) is 6.68. The van der Waals surface area contributed by atoms with Gasteiger partial charge in [0, 0.05) is 32.6 Å². The maximum Gasteiger partial charge on any atom is 1.00 e. The van der Waals surface area contributed by atoms with Gasteiger partial charge < -0.3 is 23.3 Å². The molecule has 0 aromatic rings. The van der Waals surface area contributed by atoms with Gasteiger partial charge in [-0.15, -0.1) is 0 Å². The molecular formula is C9H24N3NaO2. The third-order valence-electron chi connectivity index (χ3n) is 1.39. The minimum atomic E-state index is -0.693. The Hall–Kier alpha value is 0.350. The van der Waals surface area contributed by atoms with Crippen LogP contribution in [0.1, 0.15) is 27.6 Å². The van der Waals surface area contributed by atoms with Gasteiger partial charge in [0.05, 0.1) is 0 Å². The molecule has 0 aliphatic rings. The maximum atomic E-state index is 9.76. The quantitative estimate of drug-likeness (QED) is 0.273. The van der Waals surface area contributed by atoms with Crippen LogP contribution >= 0.6 is 0 Å². The molecule has 0 aromatic carbocycles. The zero-order valence-corrected chi connectivity index (χ0v) is 12.0. The van der Waals surface area contributed by atoms with Crippen LogP contribution in [-0.4, -0.2) is 37.3 Å². The van der Waals surface area contributed by atoms with Crippen molar-refractivity contribution in [3.63, 3.8) is 0 Å². The number of carboxylic acid groups (broad SMARTS) is 1. The number of hydrogen-bond donors (Lipinski definition) is 4. The summed E-state index contributed by atoms with van der Waals surface area (Å²) in [6.07, 6.45) is 2.08. The Morgan fingerprint density at radius 3 is 2.00 bits per heavy atom. The summed E-state index contributed by atoms with van der Waals surface area (Å²) < 4.78 is 0. The fourth-order valence-corrected chi connectivity index (χ4v) is 0.657. The van der Waals surface area contributed by atoms with Crippen molar-refractivity contribution >= 4 is 5.97 Å². The largest absolute Gasteiger partial charge is 1.00 e. The first-order valence-corrected chi connectivity index (χ1v) is 5.01. The Morgan fingerprint density at radius 2 is 1.80 bits per heavy atom. The summed E-state index contributed by atoms with van der Waals surface area (Å²) in [5.74, 6) is -0.693. The Balaban J connectivity index is -0.0000000800. The second-order valence-electron chi connectivity index (χ2n) is 2.82. The molecule has 0 spiro atoms. The monoisotopic (exact) mass is 229 g/mol. The number of nitrogens with two attached hydrogens (primary N) is 2. The van der Waals surface area contributed by atoms with Gasteiger partial charge in [-0.1, -0.05) is 13.3 Å². The summed E-state index contributed by atoms with van der Waals surface area (Å²) >= 11 is 0. The molecule has 0 unspecified atom stereocenters. The van der Waals surface area contributed by atoms with E-state index in [2.05, 4.69) is 5.32 Å². The Labute approximate surface area is 116 Å². The number of nitrogens with one attached hydrogen (secondary N) is 1. The van der Waals surface area contributed by atoms with Crippen molar-refractivity contribution in [3.05, 3.63) is 0 Å². The Kier molecular flexibility index (Phi) is 27.4. The SMILES string of the molecule is CCCCC(=O)O.NCCNCCN.[H-].[Na+]. The van der Waals surface area contributed by atoms with Crippen molar-refractivity contribution in [2.75, 3.05) is 26.2 Å². The first kappa shape index (κ1) is 20.7. The van der Waals surface area contributed by atoms with E-state index in [1.165, 1.54) is 0 Å². The Bertz CT molecular complexity index is 127. The predicted molar refractivity (Wildman–Crippen MR) is 59.3 cm³/mol. The van der Waals surface area contributed by atoms with Crippen LogP contribution in [0.25, 0.3) is 0 Å². The molecule has 0 aliphatic heterocycles. The zero-order chi connectivity index (χ0) is 11.2. The van der Waals surface area contributed by atoms with Crippen molar-refractivity contribution in [1.82, 2.24) is 5.32 Å². The molecule has 6 N–H and O–H groups in total. The molecule has 0 bridgehead atoms. The van der Waals surface area contributed by atoms with E-state index in [1.54, 1.807) is 0 Å². The summed E-state index contributed by atoms with van der Waals surface area (Å²) in [5, 5.41) is 11.1. The second kappa shape index (κ2) is 19.9. The summed E-state index contributed by atoms with van der Waals surface area (Å²) in [5.41, 5.74) is 10.3. The molecular weight excluding hydrogens is 205 g/mol. The fourth-order valence-electron chi connectivity index (χ4n) is 0.657. The van der Waals surface area contributed by atoms with E-state index in [0.29, 0.717) is 19.5 Å². The molecule has 0 fully saturated rings. The minimum absolute atomic E-state index is 0. The van der Waals surface area contributed by atoms with Crippen LogP contribution in [0.5, 0.6) is 0 Å². The molecule has 88 valence electrons. The topological polar surface area (TPSA) is 101 Å². The molecule has 5 nitrogen and oxygen atoms in total. The predicted octanol–water partition coefficient (Wildman–Crippen LogP) is -3.13. The van der Waals surface area contributed by atoms with Crippen LogP contribution < -0.4 is 46.3 Å². The average molecular weight is 229 g/mol. The third-order valence-corrected chi connectivity index (χ3v) is 1.39. The van der Waals surface area contributed by atoms with Crippen molar-refractivity contribution in [1.29, 1.82) is 0 Å². The molecule has 6 heteroatoms. The van der Waals surface area contributed by atoms with Gasteiger partial charge in [-0.05, 0) is 6.42 Å². The normalized spacial score (nSPS) is 8.47. The maximum absolute atomic E-state index is 9.76. The van der Waals surface area contributed by atoms with Crippen LogP contribution in [0.4, 0.5) is 0 Å². The summed E-state index contributed by atoms with van der Waals surface area (Å²) in [7, 11) is 0. The second-order valence-corrected chi connectivity index (χ2v) is 2.82. The molecule has 0 rings (SSSR count). The minimum Gasteiger partial charge on any atom is -1.00 e. The number of aliphatic carboxylic acids is 1. The molecule has 0 amide bonds. The summed E-state index contributed by atoms with van der Waals surface area (Å²) in [4.78, 5) is 9.76. The van der Waals surface area contributed by atoms with Crippen molar-refractivity contribution < 1.29 is 40.9 Å². The van der Waals surface area contributed by atoms with Gasteiger partial charge in [-0.25, -0.2) is 0 Å². The van der Waals surface area contributed by atoms with Gasteiger partial charge in [0.25, 0.3) is 0 Å². The first-order valence-electron chi connectivity index (χ1n) is 5.01. The van der Waals surface area contributed by atoms with Gasteiger partial charge in [-0.3, -0.25) is 4.79 Å². The molecule has 0 saturated carbocycles. The van der Waals surface area contributed by atoms with E-state index < -0.39 is 5.97 Å². The van der Waals surface area contributed by atoms with Crippen LogP contribution in [-0.2, 0) is 4.79 Å². The van der Waals surface area contributed by atoms with Crippen LogP contribution in [0.3, 0.4) is 0 Å². The van der Waals surface area contributed by atoms with Crippen LogP contribution in [0.2, 0.25) is 0 Å². The van der Waals surface area contributed by atoms with Gasteiger partial charge in [-0.2, -0.15) is 0 Å². The summed E-state index contributed by atoms with van der Waals surface area (Å²) in [6, 6.07) is 0. The van der Waals surface area contributed by atoms with E-state index in [9.17, 15) is 4.79 Å². The number of carbonyl (C=O) groups is 1. The number of rotatable bonds is 7. The van der Waals surface area contributed by atoms with Crippen LogP contribution in [0, 0.1) is 0 Å². The van der Waals surface area contributed by atoms with Gasteiger partial charge in [0.15, 0.2) is 0 Å². The van der Waals surface area contributed by atoms with Crippen molar-refractivity contribution in [2.45, 2.75) is 26.2 Å². The Morgan fingerprint density at radius 1 is 1.33 bits per heavy atom. The van der Waals surface area contributed by atoms with E-state index in [-0.39, 0.29) is 31.0 Å². The summed E-state index contributed by atoms with van der Waals surface area (Å²) in [6.45, 7) is 5.11. The molecule has 0 aromatic heterocycles. The van der Waals surface area contributed by atoms with E-state index in [4.69, 9.17) is 16.6 Å². The average Bonchev–Trinajstić information content (AvgIpc) is 2.16. The molecule has 0 heterocycles. The van der Waals surface area contributed by atoms with E-state index >= 15 is 0 Å². The number of hydrogen-bond acceptors (Lipinski definition) is 4. The fraction of sp³-hybridized carbons (Fsp3) is 0.889. The molecule has 0 atom stereocenters. The van der Waals surface area contributed by atoms with E-state index in [1.807, 2.05) is 6.92 Å². The third kappa shape index (κ3) is 31.4. The molecule has 0 saturated heterocycles. The van der Waals surface area contributed by atoms with Gasteiger partial charge in [0.1, 0.15) is 0 Å². The standard InChI is InChI=1S/C5H10O2.C4H13N3.Na.H/c1-2-3-4-5(6)7;5-1-3-7-4-2-6;;/h2-4H2,1H3,(H,6,7);7H,1-6H2;;/q;;+1;-1. The number of unbranched alkanes of at least 4 members (excludes halogenated alkanes) is 1. The van der Waals surface area contributed by atoms with Gasteiger partial charge >= 0.3 is 35.5 Å². The molecule has 0 aliphatic carbocycles. The molecule has 0 radical (unpaired) electrons. The number of carboxylic acids is 1. The van der Waals surface area contributed by atoms with Gasteiger partial charge in [0.2, 0.25) is 0 Å². The zero-order valence-electron chi connectivity index (χ0n) is 11.0. The van der Waals surface area contributed by atoms with Crippen LogP contribution in [0.15, 0.2) is 0 Å². The van der Waals surface area contributed by atoms with Crippen molar-refractivity contribution in [2.24, 2.45) is 11.5 Å². The molecule has 15 heavy (non-hydrogen) atoms. The van der Waals surface area contributed by atoms with E-state index in [0.717, 1.165) is 25.9 Å². The smallest absolute Gasteiger partial charge is 1.00 e. The van der Waals surface area contributed by atoms with Crippen molar-refractivity contribution in [3.8, 4) is 0 Å².